The molecule has 0 aliphatic carbocycles. The average Bonchev–Trinajstić information content (AvgIpc) is 2.41. The van der Waals surface area contributed by atoms with E-state index in [0.717, 1.165) is 21.4 Å². The number of halogens is 2. The molecule has 0 bridgehead atoms. The number of hydrogen-bond donors (Lipinski definition) is 1. The lowest BCUT2D eigenvalue weighted by Gasteiger charge is -2.09. The van der Waals surface area contributed by atoms with Crippen LogP contribution in [0.1, 0.15) is 18.9 Å². The first-order valence-corrected chi connectivity index (χ1v) is 7.38. The predicted octanol–water partition coefficient (Wildman–Crippen LogP) is 5.18. The Morgan fingerprint density at radius 3 is 2.58 bits per heavy atom. The monoisotopic (exact) mass is 385 g/mol. The van der Waals surface area contributed by atoms with Crippen LogP contribution >= 0.6 is 34.2 Å². The van der Waals surface area contributed by atoms with Gasteiger partial charge in [0.2, 0.25) is 0 Å². The zero-order valence-corrected chi connectivity index (χ0v) is 13.3. The van der Waals surface area contributed by atoms with Gasteiger partial charge in [-0.15, -0.1) is 0 Å². The van der Waals surface area contributed by atoms with E-state index < -0.39 is 0 Å². The van der Waals surface area contributed by atoms with Gasteiger partial charge in [0.05, 0.1) is 15.0 Å². The van der Waals surface area contributed by atoms with Crippen LogP contribution in [0.4, 0.5) is 5.69 Å². The summed E-state index contributed by atoms with van der Waals surface area (Å²) in [5, 5.41) is 10.8. The molecule has 0 saturated heterocycles. The highest BCUT2D eigenvalue weighted by atomic mass is 127. The summed E-state index contributed by atoms with van der Waals surface area (Å²) in [5.74, 6) is 0.238. The molecule has 2 nitrogen and oxygen atoms in total. The van der Waals surface area contributed by atoms with Gasteiger partial charge < -0.3 is 5.11 Å². The first-order valence-electron chi connectivity index (χ1n) is 5.92. The van der Waals surface area contributed by atoms with Gasteiger partial charge in [-0.3, -0.25) is 4.99 Å². The lowest BCUT2D eigenvalue weighted by Crippen LogP contribution is -2.00. The molecule has 0 amide bonds. The fourth-order valence-electron chi connectivity index (χ4n) is 1.77. The van der Waals surface area contributed by atoms with Crippen molar-refractivity contribution in [3.05, 3.63) is 56.6 Å². The minimum Gasteiger partial charge on any atom is -0.506 e. The molecule has 1 N–H and O–H groups in total. The molecule has 0 saturated carbocycles. The highest BCUT2D eigenvalue weighted by Gasteiger charge is 2.12. The molecular formula is C15H13ClINO. The second kappa shape index (κ2) is 6.39. The van der Waals surface area contributed by atoms with E-state index in [2.05, 4.69) is 27.6 Å². The van der Waals surface area contributed by atoms with Gasteiger partial charge in [-0.1, -0.05) is 36.7 Å². The highest BCUT2D eigenvalue weighted by Crippen LogP contribution is 2.30. The Morgan fingerprint density at radius 2 is 1.95 bits per heavy atom. The maximum Gasteiger partial charge on any atom is 0.138 e. The molecule has 0 fully saturated rings. The summed E-state index contributed by atoms with van der Waals surface area (Å²) < 4.78 is 0.731. The van der Waals surface area contributed by atoms with Crippen molar-refractivity contribution in [1.82, 2.24) is 0 Å². The fourth-order valence-corrected chi connectivity index (χ4v) is 2.80. The van der Waals surface area contributed by atoms with Gasteiger partial charge in [-0.25, -0.2) is 0 Å². The van der Waals surface area contributed by atoms with Crippen LogP contribution in [0.15, 0.2) is 47.5 Å². The molecule has 0 heterocycles. The van der Waals surface area contributed by atoms with Crippen LogP contribution in [0.25, 0.3) is 0 Å². The SMILES string of the molecule is CCC(=Nc1ccccc1)c1cc(Cl)cc(I)c1O. The predicted molar refractivity (Wildman–Crippen MR) is 88.8 cm³/mol. The Balaban J connectivity index is 2.52. The van der Waals surface area contributed by atoms with E-state index in [1.165, 1.54) is 0 Å². The number of phenols is 1. The molecule has 19 heavy (non-hydrogen) atoms. The molecule has 4 heteroatoms. The second-order valence-electron chi connectivity index (χ2n) is 4.03. The van der Waals surface area contributed by atoms with Crippen molar-refractivity contribution in [1.29, 1.82) is 0 Å². The molecule has 0 atom stereocenters. The van der Waals surface area contributed by atoms with Crippen LogP contribution in [0.3, 0.4) is 0 Å². The van der Waals surface area contributed by atoms with Crippen molar-refractivity contribution in [3.63, 3.8) is 0 Å². The van der Waals surface area contributed by atoms with Gasteiger partial charge in [0, 0.05) is 10.6 Å². The van der Waals surface area contributed by atoms with Crippen molar-refractivity contribution in [2.75, 3.05) is 0 Å². The zero-order valence-electron chi connectivity index (χ0n) is 10.4. The molecule has 2 aromatic carbocycles. The van der Waals surface area contributed by atoms with Crippen LogP contribution in [-0.2, 0) is 0 Å². The van der Waals surface area contributed by atoms with Crippen LogP contribution in [0.2, 0.25) is 5.02 Å². The minimum atomic E-state index is 0.238. The third-order valence-electron chi connectivity index (χ3n) is 2.69. The summed E-state index contributed by atoms with van der Waals surface area (Å²) in [5.41, 5.74) is 2.39. The third-order valence-corrected chi connectivity index (χ3v) is 3.73. The Bertz CT molecular complexity index is 611. The van der Waals surface area contributed by atoms with Crippen LogP contribution in [0.5, 0.6) is 5.75 Å². The summed E-state index contributed by atoms with van der Waals surface area (Å²) in [6.45, 7) is 2.01. The van der Waals surface area contributed by atoms with Gasteiger partial charge in [-0.2, -0.15) is 0 Å². The minimum absolute atomic E-state index is 0.238. The number of rotatable bonds is 3. The third kappa shape index (κ3) is 3.48. The molecule has 0 aliphatic rings. The Morgan fingerprint density at radius 1 is 1.26 bits per heavy atom. The number of hydrogen-bond acceptors (Lipinski definition) is 2. The molecule has 2 aromatic rings. The summed E-state index contributed by atoms with van der Waals surface area (Å²) >= 11 is 8.12. The van der Waals surface area contributed by atoms with Crippen molar-refractivity contribution in [3.8, 4) is 5.75 Å². The molecule has 98 valence electrons. The molecule has 0 aliphatic heterocycles. The van der Waals surface area contributed by atoms with E-state index in [1.54, 1.807) is 12.1 Å². The van der Waals surface area contributed by atoms with Gasteiger partial charge in [0.15, 0.2) is 0 Å². The van der Waals surface area contributed by atoms with Crippen LogP contribution in [-0.4, -0.2) is 10.8 Å². The van der Waals surface area contributed by atoms with Gasteiger partial charge in [0.1, 0.15) is 5.75 Å². The quantitative estimate of drug-likeness (QED) is 0.573. The molecular weight excluding hydrogens is 373 g/mol. The maximum atomic E-state index is 10.2. The van der Waals surface area contributed by atoms with Crippen molar-refractivity contribution in [2.45, 2.75) is 13.3 Å². The topological polar surface area (TPSA) is 32.6 Å². The highest BCUT2D eigenvalue weighted by molar-refractivity contribution is 14.1. The summed E-state index contributed by atoms with van der Waals surface area (Å²) in [6, 6.07) is 13.2. The lowest BCUT2D eigenvalue weighted by molar-refractivity contribution is 0.470. The number of aliphatic imine (C=N–C) groups is 1. The van der Waals surface area contributed by atoms with E-state index in [1.807, 2.05) is 37.3 Å². The summed E-state index contributed by atoms with van der Waals surface area (Å²) in [4.78, 5) is 4.59. The van der Waals surface area contributed by atoms with E-state index in [4.69, 9.17) is 11.6 Å². The van der Waals surface area contributed by atoms with Crippen molar-refractivity contribution < 1.29 is 5.11 Å². The Labute approximate surface area is 131 Å². The molecule has 0 aromatic heterocycles. The van der Waals surface area contributed by atoms with Crippen molar-refractivity contribution >= 4 is 45.6 Å². The van der Waals surface area contributed by atoms with Crippen LogP contribution < -0.4 is 0 Å². The number of aromatic hydroxyl groups is 1. The second-order valence-corrected chi connectivity index (χ2v) is 5.63. The number of benzene rings is 2. The van der Waals surface area contributed by atoms with Gasteiger partial charge >= 0.3 is 0 Å². The van der Waals surface area contributed by atoms with E-state index in [0.29, 0.717) is 10.6 Å². The van der Waals surface area contributed by atoms with Gasteiger partial charge in [-0.05, 0) is 53.3 Å². The molecule has 0 spiro atoms. The van der Waals surface area contributed by atoms with E-state index in [-0.39, 0.29) is 5.75 Å². The van der Waals surface area contributed by atoms with E-state index in [9.17, 15) is 5.11 Å². The number of phenolic OH excluding ortho intramolecular Hbond substituents is 1. The fraction of sp³-hybridized carbons (Fsp3) is 0.133. The average molecular weight is 386 g/mol. The first-order chi connectivity index (χ1) is 9.11. The normalized spacial score (nSPS) is 11.6. The van der Waals surface area contributed by atoms with Gasteiger partial charge in [0.25, 0.3) is 0 Å². The molecule has 2 rings (SSSR count). The molecule has 0 radical (unpaired) electrons. The lowest BCUT2D eigenvalue weighted by atomic mass is 10.1. The summed E-state index contributed by atoms with van der Waals surface area (Å²) in [6.07, 6.45) is 0.721. The first kappa shape index (κ1) is 14.3. The Kier molecular flexibility index (Phi) is 4.82. The van der Waals surface area contributed by atoms with E-state index >= 15 is 0 Å². The standard InChI is InChI=1S/C15H13ClINO/c1-2-14(18-11-6-4-3-5-7-11)12-8-10(16)9-13(17)15(12)19/h3-9,19H,2H2,1H3. The largest absolute Gasteiger partial charge is 0.506 e. The summed E-state index contributed by atoms with van der Waals surface area (Å²) in [7, 11) is 0. The smallest absolute Gasteiger partial charge is 0.138 e. The molecule has 0 unspecified atom stereocenters. The number of para-hydroxylation sites is 1. The van der Waals surface area contributed by atoms with Crippen molar-refractivity contribution in [2.24, 2.45) is 4.99 Å². The zero-order chi connectivity index (χ0) is 13.8. The number of nitrogens with zero attached hydrogens (tertiary/aromatic N) is 1. The van der Waals surface area contributed by atoms with Crippen LogP contribution in [0, 0.1) is 3.57 Å². The Hall–Kier alpha value is -1.07. The maximum absolute atomic E-state index is 10.2.